The molecule has 0 unspecified atom stereocenters. The molecule has 4 nitrogen and oxygen atoms in total. The molecule has 0 N–H and O–H groups in total. The van der Waals surface area contributed by atoms with E-state index in [1.807, 2.05) is 42.6 Å². The van der Waals surface area contributed by atoms with E-state index >= 15 is 0 Å². The summed E-state index contributed by atoms with van der Waals surface area (Å²) in [4.78, 5) is 11.8. The summed E-state index contributed by atoms with van der Waals surface area (Å²) in [5, 5.41) is 0. The lowest BCUT2D eigenvalue weighted by atomic mass is 10.1. The van der Waals surface area contributed by atoms with Crippen molar-refractivity contribution in [1.82, 2.24) is 14.9 Å². The zero-order valence-electron chi connectivity index (χ0n) is 15.6. The van der Waals surface area contributed by atoms with Crippen molar-refractivity contribution in [2.24, 2.45) is 0 Å². The van der Waals surface area contributed by atoms with Crippen LogP contribution in [-0.2, 0) is 19.5 Å². The molecule has 28 heavy (non-hydrogen) atoms. The third-order valence-electron chi connectivity index (χ3n) is 5.14. The van der Waals surface area contributed by atoms with Gasteiger partial charge in [-0.05, 0) is 12.1 Å². The SMILES string of the molecule is c1ccc(-c2ncc3c(n2)CCN(Cc2ccc(-c4ccccc4)o2)C3)cc1. The number of rotatable bonds is 4. The molecule has 3 heterocycles. The summed E-state index contributed by atoms with van der Waals surface area (Å²) in [6, 6.07) is 24.5. The molecule has 0 bridgehead atoms. The Morgan fingerprint density at radius 2 is 1.61 bits per heavy atom. The molecule has 4 aromatic rings. The molecule has 2 aromatic carbocycles. The second-order valence-corrected chi connectivity index (χ2v) is 7.12. The van der Waals surface area contributed by atoms with Gasteiger partial charge in [0.15, 0.2) is 5.82 Å². The van der Waals surface area contributed by atoms with Crippen LogP contribution in [0, 0.1) is 0 Å². The van der Waals surface area contributed by atoms with Crippen LogP contribution in [0.1, 0.15) is 17.0 Å². The van der Waals surface area contributed by atoms with Gasteiger partial charge in [-0.1, -0.05) is 60.7 Å². The number of hydrogen-bond acceptors (Lipinski definition) is 4. The van der Waals surface area contributed by atoms with Crippen LogP contribution in [-0.4, -0.2) is 21.4 Å². The average molecular weight is 367 g/mol. The highest BCUT2D eigenvalue weighted by Gasteiger charge is 2.20. The topological polar surface area (TPSA) is 42.2 Å². The van der Waals surface area contributed by atoms with Gasteiger partial charge in [-0.15, -0.1) is 0 Å². The van der Waals surface area contributed by atoms with Crippen molar-refractivity contribution < 1.29 is 4.42 Å². The minimum absolute atomic E-state index is 0.798. The van der Waals surface area contributed by atoms with E-state index in [1.165, 1.54) is 5.56 Å². The van der Waals surface area contributed by atoms with Gasteiger partial charge in [-0.3, -0.25) is 4.90 Å². The Morgan fingerprint density at radius 3 is 2.39 bits per heavy atom. The Morgan fingerprint density at radius 1 is 0.857 bits per heavy atom. The molecule has 5 rings (SSSR count). The number of fused-ring (bicyclic) bond motifs is 1. The fourth-order valence-corrected chi connectivity index (χ4v) is 3.68. The van der Waals surface area contributed by atoms with E-state index in [0.29, 0.717) is 0 Å². The molecule has 0 amide bonds. The standard InChI is InChI=1S/C24H21N3O/c1-3-7-18(8-4-1)23-12-11-21(28-23)17-27-14-13-22-20(16-27)15-25-24(26-22)19-9-5-2-6-10-19/h1-12,15H,13-14,16-17H2. The Hall–Kier alpha value is -3.24. The first kappa shape index (κ1) is 16.9. The van der Waals surface area contributed by atoms with Crippen LogP contribution in [0.15, 0.2) is 83.4 Å². The summed E-state index contributed by atoms with van der Waals surface area (Å²) < 4.78 is 6.06. The van der Waals surface area contributed by atoms with E-state index in [0.717, 1.165) is 60.2 Å². The van der Waals surface area contributed by atoms with Crippen LogP contribution < -0.4 is 0 Å². The van der Waals surface area contributed by atoms with Crippen LogP contribution in [0.4, 0.5) is 0 Å². The molecule has 1 aliphatic rings. The van der Waals surface area contributed by atoms with E-state index in [1.54, 1.807) is 0 Å². The Bertz CT molecular complexity index is 1070. The maximum Gasteiger partial charge on any atom is 0.159 e. The van der Waals surface area contributed by atoms with Crippen molar-refractivity contribution in [3.63, 3.8) is 0 Å². The zero-order valence-corrected chi connectivity index (χ0v) is 15.6. The summed E-state index contributed by atoms with van der Waals surface area (Å²) in [7, 11) is 0. The summed E-state index contributed by atoms with van der Waals surface area (Å²) in [5.41, 5.74) is 4.55. The monoisotopic (exact) mass is 367 g/mol. The summed E-state index contributed by atoms with van der Waals surface area (Å²) in [6.07, 6.45) is 2.91. The van der Waals surface area contributed by atoms with Gasteiger partial charge >= 0.3 is 0 Å². The lowest BCUT2D eigenvalue weighted by molar-refractivity contribution is 0.224. The summed E-state index contributed by atoms with van der Waals surface area (Å²) >= 11 is 0. The number of nitrogens with zero attached hydrogens (tertiary/aromatic N) is 3. The number of aromatic nitrogens is 2. The molecule has 4 heteroatoms. The lowest BCUT2D eigenvalue weighted by Gasteiger charge is -2.27. The minimum Gasteiger partial charge on any atom is -0.460 e. The molecule has 0 fully saturated rings. The fraction of sp³-hybridized carbons (Fsp3) is 0.167. The van der Waals surface area contributed by atoms with Crippen molar-refractivity contribution in [1.29, 1.82) is 0 Å². The molecule has 1 aliphatic heterocycles. The second-order valence-electron chi connectivity index (χ2n) is 7.12. The Labute approximate surface area is 164 Å². The second kappa shape index (κ2) is 7.41. The van der Waals surface area contributed by atoms with Gasteiger partial charge < -0.3 is 4.42 Å². The van der Waals surface area contributed by atoms with Gasteiger partial charge in [0.2, 0.25) is 0 Å². The highest BCUT2D eigenvalue weighted by atomic mass is 16.3. The van der Waals surface area contributed by atoms with Crippen molar-refractivity contribution in [3.05, 3.63) is 96.0 Å². The van der Waals surface area contributed by atoms with Crippen LogP contribution >= 0.6 is 0 Å². The molecule has 2 aromatic heterocycles. The van der Waals surface area contributed by atoms with E-state index in [4.69, 9.17) is 9.40 Å². The highest BCUT2D eigenvalue weighted by Crippen LogP contribution is 2.25. The average Bonchev–Trinajstić information content (AvgIpc) is 3.23. The quantitative estimate of drug-likeness (QED) is 0.511. The molecule has 0 saturated carbocycles. The number of furan rings is 1. The molecular formula is C24H21N3O. The molecular weight excluding hydrogens is 346 g/mol. The molecule has 138 valence electrons. The Kier molecular flexibility index (Phi) is 4.47. The molecule has 0 radical (unpaired) electrons. The predicted molar refractivity (Wildman–Crippen MR) is 109 cm³/mol. The first-order chi connectivity index (χ1) is 13.8. The summed E-state index contributed by atoms with van der Waals surface area (Å²) in [6.45, 7) is 2.62. The minimum atomic E-state index is 0.798. The maximum absolute atomic E-state index is 6.06. The van der Waals surface area contributed by atoms with Crippen molar-refractivity contribution in [2.45, 2.75) is 19.5 Å². The first-order valence-corrected chi connectivity index (χ1v) is 9.62. The van der Waals surface area contributed by atoms with Gasteiger partial charge in [0.05, 0.1) is 12.2 Å². The van der Waals surface area contributed by atoms with Gasteiger partial charge in [0, 0.05) is 42.4 Å². The van der Waals surface area contributed by atoms with Crippen LogP contribution in [0.3, 0.4) is 0 Å². The third-order valence-corrected chi connectivity index (χ3v) is 5.14. The molecule has 0 atom stereocenters. The fourth-order valence-electron chi connectivity index (χ4n) is 3.68. The van der Waals surface area contributed by atoms with E-state index in [2.05, 4.69) is 46.3 Å². The smallest absolute Gasteiger partial charge is 0.159 e. The first-order valence-electron chi connectivity index (χ1n) is 9.62. The van der Waals surface area contributed by atoms with Gasteiger partial charge in [0.1, 0.15) is 11.5 Å². The van der Waals surface area contributed by atoms with Gasteiger partial charge in [-0.2, -0.15) is 0 Å². The largest absolute Gasteiger partial charge is 0.460 e. The zero-order chi connectivity index (χ0) is 18.8. The predicted octanol–water partition coefficient (Wildman–Crippen LogP) is 4.96. The van der Waals surface area contributed by atoms with Crippen LogP contribution in [0.5, 0.6) is 0 Å². The van der Waals surface area contributed by atoms with Crippen LogP contribution in [0.25, 0.3) is 22.7 Å². The van der Waals surface area contributed by atoms with Crippen molar-refractivity contribution >= 4 is 0 Å². The van der Waals surface area contributed by atoms with Crippen molar-refractivity contribution in [3.8, 4) is 22.7 Å². The van der Waals surface area contributed by atoms with E-state index in [-0.39, 0.29) is 0 Å². The van der Waals surface area contributed by atoms with Crippen LogP contribution in [0.2, 0.25) is 0 Å². The molecule has 0 saturated heterocycles. The number of benzene rings is 2. The highest BCUT2D eigenvalue weighted by molar-refractivity contribution is 5.57. The lowest BCUT2D eigenvalue weighted by Crippen LogP contribution is -2.30. The van der Waals surface area contributed by atoms with Gasteiger partial charge in [-0.25, -0.2) is 9.97 Å². The van der Waals surface area contributed by atoms with Crippen molar-refractivity contribution in [2.75, 3.05) is 6.54 Å². The normalized spacial score (nSPS) is 14.0. The maximum atomic E-state index is 6.06. The molecule has 0 spiro atoms. The van der Waals surface area contributed by atoms with E-state index < -0.39 is 0 Å². The molecule has 0 aliphatic carbocycles. The summed E-state index contributed by atoms with van der Waals surface area (Å²) in [5.74, 6) is 2.72. The Balaban J connectivity index is 1.30. The third kappa shape index (κ3) is 3.47. The van der Waals surface area contributed by atoms with E-state index in [9.17, 15) is 0 Å². The van der Waals surface area contributed by atoms with Gasteiger partial charge in [0.25, 0.3) is 0 Å². The number of hydrogen-bond donors (Lipinski definition) is 0.